The molecular formula is C19H24N4O2. The highest BCUT2D eigenvalue weighted by Crippen LogP contribution is 2.34. The lowest BCUT2D eigenvalue weighted by Crippen LogP contribution is -2.42. The molecule has 0 bridgehead atoms. The standard InChI is InChI=1S/C19H24N4O2/c20-15-10-23-25-19-16(18(15)24)17(21-11-22-19)14-8-6-13(7-9-14)12-4-2-1-3-5-12/h6-10,12,17,21-23H,1-5,11,20H2. The van der Waals surface area contributed by atoms with Crippen molar-refractivity contribution in [2.75, 3.05) is 6.67 Å². The summed E-state index contributed by atoms with van der Waals surface area (Å²) in [6.07, 6.45) is 7.94. The van der Waals surface area contributed by atoms with E-state index in [2.05, 4.69) is 40.4 Å². The quantitative estimate of drug-likeness (QED) is 0.659. The number of Topliss-reactive ketones (excluding diaryl/α,β-unsaturated/α-hetero) is 1. The number of hydrogen-bond acceptors (Lipinski definition) is 6. The fraction of sp³-hybridized carbons (Fsp3) is 0.421. The molecule has 1 aliphatic carbocycles. The first kappa shape index (κ1) is 16.0. The molecule has 4 rings (SSSR count). The number of nitrogens with one attached hydrogen (secondary N) is 3. The summed E-state index contributed by atoms with van der Waals surface area (Å²) in [4.78, 5) is 18.0. The molecule has 1 unspecified atom stereocenters. The Labute approximate surface area is 147 Å². The van der Waals surface area contributed by atoms with Crippen molar-refractivity contribution >= 4 is 5.78 Å². The number of carbonyl (C=O) groups is 1. The summed E-state index contributed by atoms with van der Waals surface area (Å²) < 4.78 is 0. The van der Waals surface area contributed by atoms with E-state index in [-0.39, 0.29) is 17.5 Å². The van der Waals surface area contributed by atoms with Crippen molar-refractivity contribution in [1.29, 1.82) is 0 Å². The molecule has 0 saturated heterocycles. The van der Waals surface area contributed by atoms with Crippen molar-refractivity contribution in [2.45, 2.75) is 44.1 Å². The number of hydrogen-bond donors (Lipinski definition) is 4. The van der Waals surface area contributed by atoms with Crippen LogP contribution in [-0.2, 0) is 9.63 Å². The van der Waals surface area contributed by atoms with Gasteiger partial charge in [0.2, 0.25) is 11.7 Å². The predicted octanol–water partition coefficient (Wildman–Crippen LogP) is 2.04. The Kier molecular flexibility index (Phi) is 4.36. The first-order valence-corrected chi connectivity index (χ1v) is 8.98. The molecule has 2 aliphatic heterocycles. The maximum atomic E-state index is 12.6. The zero-order chi connectivity index (χ0) is 17.2. The third-order valence-electron chi connectivity index (χ3n) is 5.32. The van der Waals surface area contributed by atoms with Crippen LogP contribution >= 0.6 is 0 Å². The zero-order valence-corrected chi connectivity index (χ0v) is 14.2. The van der Waals surface area contributed by atoms with Gasteiger partial charge < -0.3 is 15.9 Å². The summed E-state index contributed by atoms with van der Waals surface area (Å²) in [6, 6.07) is 8.39. The van der Waals surface area contributed by atoms with Crippen molar-refractivity contribution < 1.29 is 9.63 Å². The molecule has 2 heterocycles. The highest BCUT2D eigenvalue weighted by atomic mass is 16.7. The van der Waals surface area contributed by atoms with Gasteiger partial charge in [-0.25, -0.2) is 5.48 Å². The molecule has 0 spiro atoms. The summed E-state index contributed by atoms with van der Waals surface area (Å²) in [5.41, 5.74) is 11.5. The van der Waals surface area contributed by atoms with E-state index in [1.807, 2.05) is 0 Å². The van der Waals surface area contributed by atoms with E-state index >= 15 is 0 Å². The fourth-order valence-electron chi connectivity index (χ4n) is 3.94. The Morgan fingerprint density at radius 2 is 1.76 bits per heavy atom. The molecular weight excluding hydrogens is 316 g/mol. The SMILES string of the molecule is NC1=CNOC2=C(C1=O)C(c1ccc(C3CCCCC3)cc1)NCN2. The second-order valence-electron chi connectivity index (χ2n) is 6.88. The Morgan fingerprint density at radius 1 is 1.04 bits per heavy atom. The smallest absolute Gasteiger partial charge is 0.230 e. The lowest BCUT2D eigenvalue weighted by molar-refractivity contribution is -0.112. The first-order valence-electron chi connectivity index (χ1n) is 8.98. The van der Waals surface area contributed by atoms with Gasteiger partial charge in [0.15, 0.2) is 0 Å². The third-order valence-corrected chi connectivity index (χ3v) is 5.32. The van der Waals surface area contributed by atoms with Crippen LogP contribution in [0.1, 0.15) is 55.2 Å². The van der Waals surface area contributed by atoms with Gasteiger partial charge >= 0.3 is 0 Å². The number of benzene rings is 1. The summed E-state index contributed by atoms with van der Waals surface area (Å²) >= 11 is 0. The maximum Gasteiger partial charge on any atom is 0.230 e. The minimum Gasteiger partial charge on any atom is -0.394 e. The Balaban J connectivity index is 1.62. The molecule has 1 fully saturated rings. The van der Waals surface area contributed by atoms with Crippen LogP contribution in [0.3, 0.4) is 0 Å². The summed E-state index contributed by atoms with van der Waals surface area (Å²) in [5, 5.41) is 6.38. The van der Waals surface area contributed by atoms with Crippen molar-refractivity contribution in [3.63, 3.8) is 0 Å². The normalized spacial score (nSPS) is 24.4. The minimum absolute atomic E-state index is 0.138. The molecule has 25 heavy (non-hydrogen) atoms. The molecule has 132 valence electrons. The van der Waals surface area contributed by atoms with Crippen LogP contribution < -0.4 is 21.8 Å². The lowest BCUT2D eigenvalue weighted by Gasteiger charge is -2.29. The minimum atomic E-state index is -0.240. The van der Waals surface area contributed by atoms with E-state index in [0.29, 0.717) is 24.0 Å². The monoisotopic (exact) mass is 340 g/mol. The molecule has 0 radical (unpaired) electrons. The molecule has 0 amide bonds. The molecule has 1 saturated carbocycles. The van der Waals surface area contributed by atoms with E-state index in [4.69, 9.17) is 10.6 Å². The first-order chi connectivity index (χ1) is 12.2. The van der Waals surface area contributed by atoms with Crippen LogP contribution in [0.5, 0.6) is 0 Å². The van der Waals surface area contributed by atoms with Crippen LogP contribution in [0.25, 0.3) is 0 Å². The van der Waals surface area contributed by atoms with E-state index in [1.165, 1.54) is 43.9 Å². The average Bonchev–Trinajstić information content (AvgIpc) is 2.81. The highest BCUT2D eigenvalue weighted by Gasteiger charge is 2.33. The molecule has 1 aromatic rings. The number of carbonyl (C=O) groups excluding carboxylic acids is 1. The van der Waals surface area contributed by atoms with Crippen LogP contribution in [0.4, 0.5) is 0 Å². The van der Waals surface area contributed by atoms with Gasteiger partial charge in [0.1, 0.15) is 0 Å². The molecule has 5 N–H and O–H groups in total. The fourth-order valence-corrected chi connectivity index (χ4v) is 3.94. The van der Waals surface area contributed by atoms with Crippen molar-refractivity contribution in [3.05, 3.63) is 58.7 Å². The third kappa shape index (κ3) is 3.09. The number of nitrogens with two attached hydrogens (primary N) is 1. The van der Waals surface area contributed by atoms with Gasteiger partial charge in [0.25, 0.3) is 0 Å². The number of rotatable bonds is 2. The summed E-state index contributed by atoms with van der Waals surface area (Å²) in [7, 11) is 0. The molecule has 3 aliphatic rings. The van der Waals surface area contributed by atoms with Gasteiger partial charge in [-0.3, -0.25) is 10.1 Å². The number of hydroxylamine groups is 1. The van der Waals surface area contributed by atoms with Gasteiger partial charge in [0, 0.05) is 0 Å². The van der Waals surface area contributed by atoms with Crippen LogP contribution in [0.2, 0.25) is 0 Å². The molecule has 0 aromatic heterocycles. The second-order valence-corrected chi connectivity index (χ2v) is 6.88. The van der Waals surface area contributed by atoms with E-state index < -0.39 is 0 Å². The largest absolute Gasteiger partial charge is 0.394 e. The van der Waals surface area contributed by atoms with Crippen molar-refractivity contribution in [2.24, 2.45) is 5.73 Å². The zero-order valence-electron chi connectivity index (χ0n) is 14.2. The Bertz CT molecular complexity index is 717. The van der Waals surface area contributed by atoms with Gasteiger partial charge in [0.05, 0.1) is 30.2 Å². The van der Waals surface area contributed by atoms with Gasteiger partial charge in [-0.2, -0.15) is 0 Å². The van der Waals surface area contributed by atoms with E-state index in [1.54, 1.807) is 0 Å². The van der Waals surface area contributed by atoms with Crippen LogP contribution in [0, 0.1) is 0 Å². The van der Waals surface area contributed by atoms with Crippen LogP contribution in [0.15, 0.2) is 47.6 Å². The summed E-state index contributed by atoms with van der Waals surface area (Å²) in [6.45, 7) is 0.517. The van der Waals surface area contributed by atoms with Gasteiger partial charge in [-0.1, -0.05) is 43.5 Å². The average molecular weight is 340 g/mol. The molecule has 6 nitrogen and oxygen atoms in total. The predicted molar refractivity (Wildman–Crippen MR) is 94.7 cm³/mol. The van der Waals surface area contributed by atoms with Gasteiger partial charge in [-0.15, -0.1) is 0 Å². The molecule has 1 aromatic carbocycles. The Morgan fingerprint density at radius 3 is 2.52 bits per heavy atom. The van der Waals surface area contributed by atoms with E-state index in [9.17, 15) is 4.79 Å². The van der Waals surface area contributed by atoms with E-state index in [0.717, 1.165) is 5.56 Å². The maximum absolute atomic E-state index is 12.6. The number of allylic oxidation sites excluding steroid dienone is 1. The molecule has 1 atom stereocenters. The highest BCUT2D eigenvalue weighted by molar-refractivity contribution is 6.09. The topological polar surface area (TPSA) is 88.4 Å². The lowest BCUT2D eigenvalue weighted by atomic mass is 9.83. The number of ketones is 1. The summed E-state index contributed by atoms with van der Waals surface area (Å²) in [5.74, 6) is 0.882. The van der Waals surface area contributed by atoms with Crippen LogP contribution in [-0.4, -0.2) is 12.5 Å². The van der Waals surface area contributed by atoms with Crippen molar-refractivity contribution in [1.82, 2.24) is 16.1 Å². The van der Waals surface area contributed by atoms with Crippen molar-refractivity contribution in [3.8, 4) is 0 Å². The molecule has 6 heteroatoms. The second kappa shape index (κ2) is 6.80. The van der Waals surface area contributed by atoms with Gasteiger partial charge in [-0.05, 0) is 29.9 Å². The Hall–Kier alpha value is -2.47.